The van der Waals surface area contributed by atoms with Gasteiger partial charge in [0.1, 0.15) is 5.69 Å². The minimum atomic E-state index is -3.33. The average molecular weight is 431 g/mol. The number of hydrogen-bond donors (Lipinski definition) is 0. The third-order valence-electron chi connectivity index (χ3n) is 4.32. The summed E-state index contributed by atoms with van der Waals surface area (Å²) < 4.78 is 30.0. The largest absolute Gasteiger partial charge is 0.464 e. The van der Waals surface area contributed by atoms with Crippen LogP contribution in [0.1, 0.15) is 10.5 Å². The third-order valence-corrected chi connectivity index (χ3v) is 5.70. The molecule has 0 bridgehead atoms. The number of sulfone groups is 1. The number of halogens is 1. The summed E-state index contributed by atoms with van der Waals surface area (Å²) in [5, 5.41) is 5.15. The van der Waals surface area contributed by atoms with Crippen LogP contribution < -0.4 is 0 Å². The lowest BCUT2D eigenvalue weighted by Gasteiger charge is -2.08. The van der Waals surface area contributed by atoms with Crippen LogP contribution in [0.3, 0.4) is 0 Å². The second-order valence-corrected chi connectivity index (χ2v) is 8.79. The smallest absolute Gasteiger partial charge is 0.357 e. The Labute approximate surface area is 174 Å². The predicted octanol–water partition coefficient (Wildman–Crippen LogP) is 4.25. The SMILES string of the molecule is C=CCn1nc(-c2ccc(S(C)(=O)=O)cc2)c(-c2ccc(Cl)cc2)c1C(=O)OC. The summed E-state index contributed by atoms with van der Waals surface area (Å²) in [4.78, 5) is 12.8. The summed E-state index contributed by atoms with van der Waals surface area (Å²) in [5.41, 5.74) is 2.76. The number of rotatable bonds is 6. The van der Waals surface area contributed by atoms with E-state index in [9.17, 15) is 13.2 Å². The Balaban J connectivity index is 2.29. The van der Waals surface area contributed by atoms with Gasteiger partial charge in [0.2, 0.25) is 0 Å². The van der Waals surface area contributed by atoms with Gasteiger partial charge in [-0.2, -0.15) is 5.10 Å². The van der Waals surface area contributed by atoms with Gasteiger partial charge < -0.3 is 4.74 Å². The van der Waals surface area contributed by atoms with E-state index in [4.69, 9.17) is 16.3 Å². The second-order valence-electron chi connectivity index (χ2n) is 6.34. The molecular weight excluding hydrogens is 412 g/mol. The van der Waals surface area contributed by atoms with Crippen LogP contribution in [-0.2, 0) is 21.1 Å². The first-order chi connectivity index (χ1) is 13.8. The number of hydrogen-bond acceptors (Lipinski definition) is 5. The Morgan fingerprint density at radius 3 is 2.24 bits per heavy atom. The van der Waals surface area contributed by atoms with Gasteiger partial charge in [-0.1, -0.05) is 41.9 Å². The Hall–Kier alpha value is -2.90. The van der Waals surface area contributed by atoms with Crippen LogP contribution in [-0.4, -0.2) is 37.5 Å². The molecule has 0 aliphatic heterocycles. The van der Waals surface area contributed by atoms with E-state index >= 15 is 0 Å². The monoisotopic (exact) mass is 430 g/mol. The van der Waals surface area contributed by atoms with Crippen molar-refractivity contribution in [3.63, 3.8) is 0 Å². The van der Waals surface area contributed by atoms with E-state index in [0.717, 1.165) is 11.8 Å². The van der Waals surface area contributed by atoms with Crippen molar-refractivity contribution in [2.45, 2.75) is 11.4 Å². The summed E-state index contributed by atoms with van der Waals surface area (Å²) in [6.07, 6.45) is 2.77. The summed E-state index contributed by atoms with van der Waals surface area (Å²) in [6, 6.07) is 13.4. The highest BCUT2D eigenvalue weighted by atomic mass is 35.5. The molecule has 0 spiro atoms. The zero-order valence-corrected chi connectivity index (χ0v) is 17.5. The fourth-order valence-electron chi connectivity index (χ4n) is 2.97. The molecule has 0 aliphatic rings. The quantitative estimate of drug-likeness (QED) is 0.431. The fourth-order valence-corrected chi connectivity index (χ4v) is 3.73. The van der Waals surface area contributed by atoms with Crippen LogP contribution in [0, 0.1) is 0 Å². The number of carbonyl (C=O) groups is 1. The number of nitrogens with zero attached hydrogens (tertiary/aromatic N) is 2. The zero-order chi connectivity index (χ0) is 21.2. The van der Waals surface area contributed by atoms with Crippen molar-refractivity contribution in [1.29, 1.82) is 0 Å². The minimum absolute atomic E-state index is 0.202. The first kappa shape index (κ1) is 20.8. The summed E-state index contributed by atoms with van der Waals surface area (Å²) >= 11 is 6.02. The van der Waals surface area contributed by atoms with Crippen LogP contribution in [0.15, 0.2) is 66.1 Å². The average Bonchev–Trinajstić information content (AvgIpc) is 3.07. The van der Waals surface area contributed by atoms with Gasteiger partial charge in [0, 0.05) is 22.4 Å². The third kappa shape index (κ3) is 4.26. The normalized spacial score (nSPS) is 11.3. The molecule has 0 saturated heterocycles. The molecule has 0 unspecified atom stereocenters. The molecule has 0 N–H and O–H groups in total. The number of esters is 1. The molecular formula is C21H19ClN2O4S. The van der Waals surface area contributed by atoms with E-state index in [1.165, 1.54) is 23.9 Å². The summed E-state index contributed by atoms with van der Waals surface area (Å²) in [5.74, 6) is -0.539. The molecule has 6 nitrogen and oxygen atoms in total. The van der Waals surface area contributed by atoms with Crippen molar-refractivity contribution in [2.24, 2.45) is 0 Å². The molecule has 0 saturated carbocycles. The van der Waals surface area contributed by atoms with Crippen LogP contribution in [0.4, 0.5) is 0 Å². The highest BCUT2D eigenvalue weighted by molar-refractivity contribution is 7.90. The van der Waals surface area contributed by atoms with Crippen molar-refractivity contribution < 1.29 is 17.9 Å². The molecule has 1 aromatic heterocycles. The predicted molar refractivity (Wildman–Crippen MR) is 113 cm³/mol. The Bertz CT molecular complexity index is 1160. The van der Waals surface area contributed by atoms with Gasteiger partial charge in [0.25, 0.3) is 0 Å². The molecule has 0 radical (unpaired) electrons. The van der Waals surface area contributed by atoms with E-state index in [-0.39, 0.29) is 10.6 Å². The van der Waals surface area contributed by atoms with Gasteiger partial charge in [-0.3, -0.25) is 4.68 Å². The van der Waals surface area contributed by atoms with Crippen molar-refractivity contribution in [3.05, 3.63) is 71.9 Å². The van der Waals surface area contributed by atoms with E-state index in [1.54, 1.807) is 42.5 Å². The summed E-state index contributed by atoms with van der Waals surface area (Å²) in [6.45, 7) is 4.02. The van der Waals surface area contributed by atoms with Gasteiger partial charge in [-0.15, -0.1) is 6.58 Å². The fraction of sp³-hybridized carbons (Fsp3) is 0.143. The minimum Gasteiger partial charge on any atom is -0.464 e. The Morgan fingerprint density at radius 2 is 1.72 bits per heavy atom. The summed E-state index contributed by atoms with van der Waals surface area (Å²) in [7, 11) is -2.02. The topological polar surface area (TPSA) is 78.3 Å². The number of aromatic nitrogens is 2. The maximum atomic E-state index is 12.6. The van der Waals surface area contributed by atoms with Gasteiger partial charge in [0.15, 0.2) is 15.5 Å². The second kappa shape index (κ2) is 8.23. The Kier molecular flexibility index (Phi) is 5.91. The molecule has 3 aromatic rings. The number of ether oxygens (including phenoxy) is 1. The molecule has 0 amide bonds. The van der Waals surface area contributed by atoms with Crippen LogP contribution in [0.5, 0.6) is 0 Å². The van der Waals surface area contributed by atoms with E-state index < -0.39 is 15.8 Å². The van der Waals surface area contributed by atoms with E-state index in [2.05, 4.69) is 11.7 Å². The standard InChI is InChI=1S/C21H19ClN2O4S/c1-4-13-24-20(21(25)28-2)18(14-5-9-16(22)10-6-14)19(23-24)15-7-11-17(12-8-15)29(3,26)27/h4-12H,1,13H2,2-3H3. The molecule has 2 aromatic carbocycles. The van der Waals surface area contributed by atoms with Crippen LogP contribution in [0.2, 0.25) is 5.02 Å². The number of benzene rings is 2. The van der Waals surface area contributed by atoms with Crippen LogP contribution >= 0.6 is 11.6 Å². The highest BCUT2D eigenvalue weighted by Crippen LogP contribution is 2.36. The van der Waals surface area contributed by atoms with Crippen LogP contribution in [0.25, 0.3) is 22.4 Å². The van der Waals surface area contributed by atoms with Crippen molar-refractivity contribution in [2.75, 3.05) is 13.4 Å². The van der Waals surface area contributed by atoms with Crippen molar-refractivity contribution in [1.82, 2.24) is 9.78 Å². The van der Waals surface area contributed by atoms with Gasteiger partial charge in [-0.25, -0.2) is 13.2 Å². The molecule has 1 heterocycles. The first-order valence-electron chi connectivity index (χ1n) is 8.62. The van der Waals surface area contributed by atoms with E-state index in [0.29, 0.717) is 28.4 Å². The lowest BCUT2D eigenvalue weighted by molar-refractivity contribution is 0.0588. The first-order valence-corrected chi connectivity index (χ1v) is 10.9. The lowest BCUT2D eigenvalue weighted by Crippen LogP contribution is -2.12. The number of carbonyl (C=O) groups excluding carboxylic acids is 1. The molecule has 150 valence electrons. The van der Waals surface area contributed by atoms with Gasteiger partial charge in [0.05, 0.1) is 18.6 Å². The maximum Gasteiger partial charge on any atom is 0.357 e. The molecule has 29 heavy (non-hydrogen) atoms. The number of methoxy groups -OCH3 is 1. The van der Waals surface area contributed by atoms with Gasteiger partial charge in [-0.05, 0) is 29.8 Å². The maximum absolute atomic E-state index is 12.6. The van der Waals surface area contributed by atoms with Gasteiger partial charge >= 0.3 is 5.97 Å². The van der Waals surface area contributed by atoms with Crippen molar-refractivity contribution in [3.8, 4) is 22.4 Å². The lowest BCUT2D eigenvalue weighted by atomic mass is 9.99. The van der Waals surface area contributed by atoms with Crippen molar-refractivity contribution >= 4 is 27.4 Å². The molecule has 0 fully saturated rings. The Morgan fingerprint density at radius 1 is 1.14 bits per heavy atom. The molecule has 8 heteroatoms. The number of allylic oxidation sites excluding steroid dienone is 1. The zero-order valence-electron chi connectivity index (χ0n) is 15.9. The molecule has 3 rings (SSSR count). The van der Waals surface area contributed by atoms with E-state index in [1.807, 2.05) is 0 Å². The molecule has 0 aliphatic carbocycles. The molecule has 0 atom stereocenters. The highest BCUT2D eigenvalue weighted by Gasteiger charge is 2.26.